The fourth-order valence-electron chi connectivity index (χ4n) is 0.997. The van der Waals surface area contributed by atoms with E-state index < -0.39 is 17.5 Å². The second-order valence-corrected chi connectivity index (χ2v) is 3.35. The van der Waals surface area contributed by atoms with E-state index in [0.717, 1.165) is 12.2 Å². The van der Waals surface area contributed by atoms with Crippen LogP contribution in [-0.2, 0) is 23.8 Å². The Morgan fingerprint density at radius 1 is 1.22 bits per heavy atom. The van der Waals surface area contributed by atoms with Gasteiger partial charge in [0.05, 0.1) is 0 Å². The highest BCUT2D eigenvalue weighted by Gasteiger charge is 2.34. The van der Waals surface area contributed by atoms with Gasteiger partial charge in [-0.05, 0) is 6.42 Å². The topological polar surface area (TPSA) is 85.6 Å². The Kier molecular flexibility index (Phi) is 6.89. The third-order valence-electron chi connectivity index (χ3n) is 2.19. The number of carbonyl (C=O) groups is 2. The minimum atomic E-state index is -1.19. The number of rotatable bonds is 8. The number of ether oxygens (including phenoxy) is 3. The van der Waals surface area contributed by atoms with Crippen LogP contribution in [0.4, 0.5) is 0 Å². The van der Waals surface area contributed by atoms with Gasteiger partial charge < -0.3 is 14.2 Å². The minimum Gasteiger partial charge on any atom is -0.458 e. The molecule has 0 amide bonds. The Balaban J connectivity index is 4.64. The summed E-state index contributed by atoms with van der Waals surface area (Å²) in [5.41, 5.74) is -1.19. The molecule has 0 N–H and O–H groups in total. The van der Waals surface area contributed by atoms with E-state index in [-0.39, 0.29) is 13.2 Å². The molecule has 0 aromatic carbocycles. The summed E-state index contributed by atoms with van der Waals surface area (Å²) in [6.07, 6.45) is 3.80. The first-order chi connectivity index (χ1) is 8.53. The summed E-state index contributed by atoms with van der Waals surface area (Å²) in [5, 5.41) is 8.58. The molecule has 0 fully saturated rings. The Morgan fingerprint density at radius 2 is 1.67 bits per heavy atom. The quantitative estimate of drug-likeness (QED) is 0.365. The maximum absolute atomic E-state index is 11.0. The van der Waals surface area contributed by atoms with Crippen LogP contribution in [0, 0.1) is 11.5 Å². The molecule has 0 spiro atoms. The van der Waals surface area contributed by atoms with Gasteiger partial charge in [0, 0.05) is 12.2 Å². The van der Waals surface area contributed by atoms with Crippen LogP contribution in [-0.4, -0.2) is 30.8 Å². The summed E-state index contributed by atoms with van der Waals surface area (Å²) in [4.78, 5) is 21.9. The molecule has 98 valence electrons. The average molecular weight is 253 g/mol. The number of carbonyl (C=O) groups excluding carboxylic acids is 2. The van der Waals surface area contributed by atoms with Crippen molar-refractivity contribution >= 4 is 11.9 Å². The number of hydrogen-bond acceptors (Lipinski definition) is 6. The van der Waals surface area contributed by atoms with Crippen molar-refractivity contribution in [1.82, 2.24) is 0 Å². The highest BCUT2D eigenvalue weighted by molar-refractivity contribution is 5.81. The van der Waals surface area contributed by atoms with Crippen molar-refractivity contribution in [2.24, 2.45) is 0 Å². The number of nitrogens with zero attached hydrogens (tertiary/aromatic N) is 1. The van der Waals surface area contributed by atoms with Gasteiger partial charge >= 0.3 is 11.9 Å². The molecule has 6 nitrogen and oxygen atoms in total. The summed E-state index contributed by atoms with van der Waals surface area (Å²) in [6.45, 7) is 7.76. The molecule has 0 unspecified atom stereocenters. The van der Waals surface area contributed by atoms with E-state index >= 15 is 0 Å². The molecule has 0 aliphatic carbocycles. The fraction of sp³-hybridized carbons (Fsp3) is 0.417. The number of nitriles is 1. The monoisotopic (exact) mass is 253 g/mol. The first kappa shape index (κ1) is 15.7. The van der Waals surface area contributed by atoms with Crippen LogP contribution in [0.1, 0.15) is 13.3 Å². The summed E-state index contributed by atoms with van der Waals surface area (Å²) in [5.74, 6) is -1.30. The molecule has 0 radical (unpaired) electrons. The number of hydrogen-bond donors (Lipinski definition) is 0. The third-order valence-corrected chi connectivity index (χ3v) is 2.19. The Bertz CT molecular complexity index is 345. The van der Waals surface area contributed by atoms with Gasteiger partial charge in [0.25, 0.3) is 6.26 Å². The van der Waals surface area contributed by atoms with E-state index in [0.29, 0.717) is 6.42 Å². The lowest BCUT2D eigenvalue weighted by molar-refractivity contribution is -0.157. The molecule has 0 rings (SSSR count). The zero-order valence-electron chi connectivity index (χ0n) is 10.2. The predicted octanol–water partition coefficient (Wildman–Crippen LogP) is 1.09. The summed E-state index contributed by atoms with van der Waals surface area (Å²) < 4.78 is 14.5. The minimum absolute atomic E-state index is 0.216. The normalized spacial score (nSPS) is 9.78. The van der Waals surface area contributed by atoms with Crippen LogP contribution in [0.3, 0.4) is 0 Å². The van der Waals surface area contributed by atoms with E-state index in [1.54, 1.807) is 6.92 Å². The van der Waals surface area contributed by atoms with Crippen molar-refractivity contribution in [3.63, 3.8) is 0 Å². The lowest BCUT2D eigenvalue weighted by atomic mass is 10.0. The van der Waals surface area contributed by atoms with Crippen molar-refractivity contribution in [2.75, 3.05) is 13.2 Å². The largest absolute Gasteiger partial charge is 0.458 e. The maximum atomic E-state index is 11.0. The molecular weight excluding hydrogens is 238 g/mol. The van der Waals surface area contributed by atoms with Gasteiger partial charge in [-0.2, -0.15) is 5.26 Å². The molecule has 0 bridgehead atoms. The lowest BCUT2D eigenvalue weighted by Crippen LogP contribution is -2.42. The standard InChI is InChI=1S/C12H15NO5/c1-4-10(14)16-7-12(6-3,18-9-13)8-17-11(15)5-2/h4-5H,1-2,6-8H2,3H3. The Labute approximate surface area is 105 Å². The van der Waals surface area contributed by atoms with Gasteiger partial charge in [0.1, 0.15) is 13.2 Å². The molecule has 0 aromatic rings. The predicted molar refractivity (Wildman–Crippen MR) is 62.0 cm³/mol. The van der Waals surface area contributed by atoms with Crippen LogP contribution in [0.25, 0.3) is 0 Å². The van der Waals surface area contributed by atoms with Crippen LogP contribution in [0.2, 0.25) is 0 Å². The highest BCUT2D eigenvalue weighted by Crippen LogP contribution is 2.17. The zero-order chi connectivity index (χ0) is 14.0. The first-order valence-electron chi connectivity index (χ1n) is 5.19. The van der Waals surface area contributed by atoms with Crippen LogP contribution in [0.15, 0.2) is 25.3 Å². The van der Waals surface area contributed by atoms with Crippen molar-refractivity contribution < 1.29 is 23.8 Å². The molecular formula is C12H15NO5. The van der Waals surface area contributed by atoms with Crippen molar-refractivity contribution in [2.45, 2.75) is 18.9 Å². The van der Waals surface area contributed by atoms with Crippen molar-refractivity contribution in [1.29, 1.82) is 5.26 Å². The number of esters is 2. The van der Waals surface area contributed by atoms with Crippen LogP contribution >= 0.6 is 0 Å². The Hall–Kier alpha value is -2.29. The van der Waals surface area contributed by atoms with Crippen LogP contribution < -0.4 is 0 Å². The van der Waals surface area contributed by atoms with Crippen molar-refractivity contribution in [3.8, 4) is 6.26 Å². The molecule has 0 saturated carbocycles. The zero-order valence-corrected chi connectivity index (χ0v) is 10.2. The molecule has 0 aliphatic heterocycles. The third kappa shape index (κ3) is 5.16. The molecule has 0 aromatic heterocycles. The fourth-order valence-corrected chi connectivity index (χ4v) is 0.997. The van der Waals surface area contributed by atoms with E-state index in [2.05, 4.69) is 13.2 Å². The van der Waals surface area contributed by atoms with Gasteiger partial charge in [-0.1, -0.05) is 20.1 Å². The van der Waals surface area contributed by atoms with E-state index in [1.807, 2.05) is 0 Å². The van der Waals surface area contributed by atoms with Gasteiger partial charge in [-0.15, -0.1) is 0 Å². The summed E-state index contributed by atoms with van der Waals surface area (Å²) in [7, 11) is 0. The molecule has 0 atom stereocenters. The van der Waals surface area contributed by atoms with Gasteiger partial charge in [0.15, 0.2) is 5.60 Å². The van der Waals surface area contributed by atoms with E-state index in [4.69, 9.17) is 19.5 Å². The molecule has 0 saturated heterocycles. The maximum Gasteiger partial charge on any atom is 0.330 e. The smallest absolute Gasteiger partial charge is 0.330 e. The molecule has 0 aliphatic rings. The van der Waals surface area contributed by atoms with E-state index in [1.165, 1.54) is 6.26 Å². The van der Waals surface area contributed by atoms with Crippen LogP contribution in [0.5, 0.6) is 0 Å². The molecule has 0 heterocycles. The lowest BCUT2D eigenvalue weighted by Gasteiger charge is -2.27. The average Bonchev–Trinajstić information content (AvgIpc) is 2.41. The SMILES string of the molecule is C=CC(=O)OCC(CC)(COC(=O)C=C)OC#N. The van der Waals surface area contributed by atoms with E-state index in [9.17, 15) is 9.59 Å². The summed E-state index contributed by atoms with van der Waals surface area (Å²) in [6, 6.07) is 0. The first-order valence-corrected chi connectivity index (χ1v) is 5.19. The molecule has 18 heavy (non-hydrogen) atoms. The van der Waals surface area contributed by atoms with Gasteiger partial charge in [-0.3, -0.25) is 0 Å². The summed E-state index contributed by atoms with van der Waals surface area (Å²) >= 11 is 0. The highest BCUT2D eigenvalue weighted by atomic mass is 16.6. The Morgan fingerprint density at radius 3 is 1.94 bits per heavy atom. The van der Waals surface area contributed by atoms with Gasteiger partial charge in [0.2, 0.25) is 0 Å². The van der Waals surface area contributed by atoms with Gasteiger partial charge in [-0.25, -0.2) is 9.59 Å². The second-order valence-electron chi connectivity index (χ2n) is 3.35. The molecule has 6 heteroatoms. The van der Waals surface area contributed by atoms with Crippen molar-refractivity contribution in [3.05, 3.63) is 25.3 Å². The second kappa shape index (κ2) is 7.90.